The Kier molecular flexibility index (Phi) is 7.21. The molecule has 0 radical (unpaired) electrons. The lowest BCUT2D eigenvalue weighted by molar-refractivity contribution is -0.138. The number of halogens is 3. The number of unbranched alkanes of at least 4 members (excludes halogenated alkanes) is 1. The molecule has 0 spiro atoms. The predicted octanol–water partition coefficient (Wildman–Crippen LogP) is 5.17. The highest BCUT2D eigenvalue weighted by molar-refractivity contribution is 5.74. The molecule has 0 saturated carbocycles. The zero-order valence-corrected chi connectivity index (χ0v) is 15.5. The van der Waals surface area contributed by atoms with Gasteiger partial charge in [-0.3, -0.25) is 4.98 Å². The van der Waals surface area contributed by atoms with Crippen molar-refractivity contribution in [2.24, 2.45) is 0 Å². The van der Waals surface area contributed by atoms with Crippen molar-refractivity contribution >= 4 is 6.03 Å². The van der Waals surface area contributed by atoms with Crippen molar-refractivity contribution in [3.63, 3.8) is 0 Å². The van der Waals surface area contributed by atoms with Crippen molar-refractivity contribution < 1.29 is 18.0 Å². The third kappa shape index (κ3) is 5.98. The fourth-order valence-corrected chi connectivity index (χ4v) is 2.80. The standard InChI is InChI=1S/C20H24F3N3O/c1-3-4-13-26(14-16-9-11-24-12-10-16)19(27)25-15(2)17-7-5-6-8-18(17)20(21,22)23/h5-12,15H,3-4,13-14H2,1-2H3,(H,25,27)/t15-/m1/s1. The Morgan fingerprint density at radius 1 is 1.19 bits per heavy atom. The molecule has 1 aromatic heterocycles. The Labute approximate surface area is 157 Å². The normalized spacial score (nSPS) is 12.5. The number of hydrogen-bond acceptors (Lipinski definition) is 2. The number of alkyl halides is 3. The van der Waals surface area contributed by atoms with Crippen LogP contribution in [0.5, 0.6) is 0 Å². The second-order valence-corrected chi connectivity index (χ2v) is 6.39. The van der Waals surface area contributed by atoms with Crippen LogP contribution in [0, 0.1) is 0 Å². The van der Waals surface area contributed by atoms with Crippen LogP contribution in [0.3, 0.4) is 0 Å². The summed E-state index contributed by atoms with van der Waals surface area (Å²) in [6.07, 6.45) is 0.550. The van der Waals surface area contributed by atoms with Gasteiger partial charge in [-0.05, 0) is 42.7 Å². The molecule has 2 amide bonds. The van der Waals surface area contributed by atoms with Crippen LogP contribution in [0.15, 0.2) is 48.8 Å². The molecular formula is C20H24F3N3O. The van der Waals surface area contributed by atoms with Crippen molar-refractivity contribution in [1.82, 2.24) is 15.2 Å². The van der Waals surface area contributed by atoms with E-state index in [0.717, 1.165) is 24.5 Å². The smallest absolute Gasteiger partial charge is 0.331 e. The lowest BCUT2D eigenvalue weighted by atomic mass is 10.0. The molecule has 0 aliphatic carbocycles. The number of carbonyl (C=O) groups is 1. The van der Waals surface area contributed by atoms with Crippen LogP contribution >= 0.6 is 0 Å². The summed E-state index contributed by atoms with van der Waals surface area (Å²) in [6, 6.07) is 7.79. The molecule has 1 N–H and O–H groups in total. The van der Waals surface area contributed by atoms with Gasteiger partial charge in [0.05, 0.1) is 11.6 Å². The Balaban J connectivity index is 2.14. The third-order valence-electron chi connectivity index (χ3n) is 4.26. The van der Waals surface area contributed by atoms with Crippen LogP contribution in [0.25, 0.3) is 0 Å². The number of hydrogen-bond donors (Lipinski definition) is 1. The number of nitrogens with one attached hydrogen (secondary N) is 1. The number of urea groups is 1. The number of benzene rings is 1. The lowest BCUT2D eigenvalue weighted by Gasteiger charge is -2.26. The highest BCUT2D eigenvalue weighted by Gasteiger charge is 2.34. The molecule has 7 heteroatoms. The summed E-state index contributed by atoms with van der Waals surface area (Å²) >= 11 is 0. The number of carbonyl (C=O) groups excluding carboxylic acids is 1. The van der Waals surface area contributed by atoms with Gasteiger partial charge in [0.15, 0.2) is 0 Å². The zero-order valence-electron chi connectivity index (χ0n) is 15.5. The molecule has 1 heterocycles. The summed E-state index contributed by atoms with van der Waals surface area (Å²) in [4.78, 5) is 18.3. The molecule has 146 valence electrons. The van der Waals surface area contributed by atoms with Crippen molar-refractivity contribution in [3.05, 3.63) is 65.5 Å². The summed E-state index contributed by atoms with van der Waals surface area (Å²) in [5.41, 5.74) is 0.240. The number of amides is 2. The van der Waals surface area contributed by atoms with Crippen LogP contribution in [-0.4, -0.2) is 22.5 Å². The van der Waals surface area contributed by atoms with E-state index < -0.39 is 17.8 Å². The van der Waals surface area contributed by atoms with E-state index >= 15 is 0 Å². The van der Waals surface area contributed by atoms with E-state index in [2.05, 4.69) is 10.3 Å². The monoisotopic (exact) mass is 379 g/mol. The Hall–Kier alpha value is -2.57. The number of rotatable bonds is 7. The highest BCUT2D eigenvalue weighted by atomic mass is 19.4. The van der Waals surface area contributed by atoms with E-state index in [-0.39, 0.29) is 11.6 Å². The third-order valence-corrected chi connectivity index (χ3v) is 4.26. The Bertz CT molecular complexity index is 735. The summed E-state index contributed by atoms with van der Waals surface area (Å²) in [5.74, 6) is 0. The first-order chi connectivity index (χ1) is 12.8. The topological polar surface area (TPSA) is 45.2 Å². The van der Waals surface area contributed by atoms with Crippen molar-refractivity contribution in [2.75, 3.05) is 6.54 Å². The number of nitrogens with zero attached hydrogens (tertiary/aromatic N) is 2. The van der Waals surface area contributed by atoms with E-state index in [0.29, 0.717) is 13.1 Å². The average Bonchev–Trinajstić information content (AvgIpc) is 2.65. The summed E-state index contributed by atoms with van der Waals surface area (Å²) in [5, 5.41) is 2.71. The molecule has 0 bridgehead atoms. The van der Waals surface area contributed by atoms with Crippen LogP contribution < -0.4 is 5.32 Å². The first kappa shape index (κ1) is 20.7. The maximum absolute atomic E-state index is 13.2. The maximum atomic E-state index is 13.2. The van der Waals surface area contributed by atoms with Crippen LogP contribution in [0.2, 0.25) is 0 Å². The second kappa shape index (κ2) is 9.39. The summed E-state index contributed by atoms with van der Waals surface area (Å²) < 4.78 is 39.7. The Morgan fingerprint density at radius 2 is 1.85 bits per heavy atom. The predicted molar refractivity (Wildman–Crippen MR) is 97.9 cm³/mol. The van der Waals surface area contributed by atoms with Gasteiger partial charge in [0.1, 0.15) is 0 Å². The fraction of sp³-hybridized carbons (Fsp3) is 0.400. The van der Waals surface area contributed by atoms with E-state index in [4.69, 9.17) is 0 Å². The van der Waals surface area contributed by atoms with Crippen molar-refractivity contribution in [3.8, 4) is 0 Å². The Morgan fingerprint density at radius 3 is 2.48 bits per heavy atom. The van der Waals surface area contributed by atoms with Crippen LogP contribution in [-0.2, 0) is 12.7 Å². The second-order valence-electron chi connectivity index (χ2n) is 6.39. The molecule has 1 aromatic carbocycles. The molecule has 0 aliphatic rings. The van der Waals surface area contributed by atoms with E-state index in [9.17, 15) is 18.0 Å². The maximum Gasteiger partial charge on any atom is 0.416 e. The highest BCUT2D eigenvalue weighted by Crippen LogP contribution is 2.34. The van der Waals surface area contributed by atoms with Gasteiger partial charge >= 0.3 is 12.2 Å². The minimum atomic E-state index is -4.46. The SMILES string of the molecule is CCCCN(Cc1ccncc1)C(=O)N[C@H](C)c1ccccc1C(F)(F)F. The van der Waals surface area contributed by atoms with E-state index in [1.807, 2.05) is 19.1 Å². The van der Waals surface area contributed by atoms with Gasteiger partial charge in [0.2, 0.25) is 0 Å². The quantitative estimate of drug-likeness (QED) is 0.721. The summed E-state index contributed by atoms with van der Waals surface area (Å²) in [6.45, 7) is 4.48. The first-order valence-electron chi connectivity index (χ1n) is 8.93. The van der Waals surface area contributed by atoms with Gasteiger partial charge in [-0.1, -0.05) is 31.5 Å². The molecule has 1 atom stereocenters. The van der Waals surface area contributed by atoms with Crippen LogP contribution in [0.4, 0.5) is 18.0 Å². The van der Waals surface area contributed by atoms with Gasteiger partial charge in [-0.15, -0.1) is 0 Å². The molecule has 2 rings (SSSR count). The lowest BCUT2D eigenvalue weighted by Crippen LogP contribution is -2.41. The summed E-state index contributed by atoms with van der Waals surface area (Å²) in [7, 11) is 0. The molecule has 0 fully saturated rings. The largest absolute Gasteiger partial charge is 0.416 e. The zero-order chi connectivity index (χ0) is 19.9. The molecule has 0 aliphatic heterocycles. The number of aromatic nitrogens is 1. The molecule has 4 nitrogen and oxygen atoms in total. The van der Waals surface area contributed by atoms with Gasteiger partial charge in [-0.2, -0.15) is 13.2 Å². The average molecular weight is 379 g/mol. The van der Waals surface area contributed by atoms with Crippen molar-refractivity contribution in [2.45, 2.75) is 45.5 Å². The minimum Gasteiger partial charge on any atom is -0.331 e. The molecule has 0 unspecified atom stereocenters. The van der Waals surface area contributed by atoms with E-state index in [1.165, 1.54) is 12.1 Å². The molecule has 27 heavy (non-hydrogen) atoms. The number of pyridine rings is 1. The molecule has 2 aromatic rings. The molecular weight excluding hydrogens is 355 g/mol. The van der Waals surface area contributed by atoms with E-state index in [1.54, 1.807) is 30.3 Å². The van der Waals surface area contributed by atoms with Gasteiger partial charge in [0, 0.05) is 25.5 Å². The van der Waals surface area contributed by atoms with Gasteiger partial charge in [0.25, 0.3) is 0 Å². The molecule has 0 saturated heterocycles. The fourth-order valence-electron chi connectivity index (χ4n) is 2.80. The minimum absolute atomic E-state index is 0.0534. The van der Waals surface area contributed by atoms with Gasteiger partial charge in [-0.25, -0.2) is 4.79 Å². The first-order valence-corrected chi connectivity index (χ1v) is 8.93. The van der Waals surface area contributed by atoms with Crippen molar-refractivity contribution in [1.29, 1.82) is 0 Å². The van der Waals surface area contributed by atoms with Crippen LogP contribution in [0.1, 0.15) is 49.4 Å². The van der Waals surface area contributed by atoms with Gasteiger partial charge < -0.3 is 10.2 Å².